The average molecular weight is 3500 g/mol. The quantitative estimate of drug-likeness (QED) is 0.0120. The SMILES string of the molecule is CC(=O)OCC(C)(C)C(=O)OCCC[N+](C)(C)C.CCOC(=O)OCCCCCNC(=O)Nc1ccc(CNC(=O)c2ccc(C(=O)NCc3ccc(CC(=O)CCCCCCOC(=O)OCC(C)(COC(C)=O)C(=O)OCCC[N+](C)(C)C)cc3)cc2)cc1.CN(C)C.[2H]CF.[B]I.[B][CH2-].[Cl-].[Cl-].[U].[U].[U].[U].[U].[U].[U].[U]. The van der Waals surface area contributed by atoms with E-state index in [1.165, 1.54) is 20.8 Å². The van der Waals surface area contributed by atoms with Gasteiger partial charge in [-0.2, -0.15) is 30.2 Å². The molecule has 0 aliphatic rings. The summed E-state index contributed by atoms with van der Waals surface area (Å²) in [6, 6.07) is 20.5. The van der Waals surface area contributed by atoms with Gasteiger partial charge in [0.25, 0.3) is 11.8 Å². The number of quaternary nitrogens is 2. The second-order valence-electron chi connectivity index (χ2n) is 26.0. The molecule has 110 heavy (non-hydrogen) atoms. The number of hydrogen-bond acceptors (Lipinski definition) is 19. The third kappa shape index (κ3) is 80.7. The summed E-state index contributed by atoms with van der Waals surface area (Å²) in [5.41, 5.74) is 6.21. The zero-order valence-corrected chi connectivity index (χ0v) is 104. The molecule has 0 aliphatic heterocycles. The summed E-state index contributed by atoms with van der Waals surface area (Å²) in [6.45, 7) is 15.2. The number of alkyl halides is 1. The van der Waals surface area contributed by atoms with Crippen molar-refractivity contribution in [2.45, 2.75) is 125 Å². The molecule has 0 aromatic heterocycles. The molecule has 3 aromatic rings. The molecule has 608 valence electrons. The van der Waals surface area contributed by atoms with E-state index in [0.717, 1.165) is 66.4 Å². The van der Waals surface area contributed by atoms with Crippen LogP contribution >= 0.6 is 22.4 Å². The first-order chi connectivity index (χ1) is 47.5. The van der Waals surface area contributed by atoms with Gasteiger partial charge in [0.2, 0.25) is 0 Å². The topological polar surface area (TPSA) is 296 Å². The zero-order chi connectivity index (χ0) is 77.5. The van der Waals surface area contributed by atoms with E-state index in [2.05, 4.69) is 62.8 Å². The zero-order valence-electron chi connectivity index (χ0n) is 67.7. The first-order valence-electron chi connectivity index (χ1n) is 33.6. The largest absolute Gasteiger partial charge is 1.00 e. The molecule has 0 fully saturated rings. The molecule has 3 rings (SSSR count). The van der Waals surface area contributed by atoms with E-state index in [1.54, 1.807) is 91.7 Å². The summed E-state index contributed by atoms with van der Waals surface area (Å²) in [4.78, 5) is 123. The Morgan fingerprint density at radius 2 is 0.855 bits per heavy atom. The maximum Gasteiger partial charge on any atom is 0.508 e. The van der Waals surface area contributed by atoms with Crippen LogP contribution in [0.5, 0.6) is 0 Å². The summed E-state index contributed by atoms with van der Waals surface area (Å²) in [6.07, 6.45) is 5.43. The first kappa shape index (κ1) is 138. The molecule has 4 radical (unpaired) electrons. The van der Waals surface area contributed by atoms with Crippen LogP contribution in [0.4, 0.5) is 24.5 Å². The van der Waals surface area contributed by atoms with Crippen molar-refractivity contribution in [1.29, 1.82) is 0 Å². The Labute approximate surface area is 875 Å². The molecular weight excluding hydrogens is 3380 g/mol. The van der Waals surface area contributed by atoms with Gasteiger partial charge in [0.05, 0.1) is 102 Å². The molecule has 0 aliphatic carbocycles. The number of benzene rings is 3. The molecule has 0 heterocycles. The number of rotatable bonds is 39. The van der Waals surface area contributed by atoms with Crippen LogP contribution in [0.15, 0.2) is 72.8 Å². The number of anilines is 1. The third-order valence-electron chi connectivity index (χ3n) is 13.3. The third-order valence-corrected chi connectivity index (χ3v) is 13.3. The van der Waals surface area contributed by atoms with Crippen molar-refractivity contribution in [2.75, 3.05) is 148 Å². The number of carbonyl (C=O) groups is 10. The number of nitrogens with one attached hydrogen (secondary N) is 4. The molecule has 4 N–H and O–H groups in total. The molecule has 39 heteroatoms. The van der Waals surface area contributed by atoms with Gasteiger partial charge in [-0.25, -0.2) is 14.4 Å². The molecule has 0 spiro atoms. The number of ether oxygens (including phenoxy) is 8. The van der Waals surface area contributed by atoms with Crippen LogP contribution in [0.25, 0.3) is 0 Å². The minimum atomic E-state index is -1.40. The number of carbonyl (C=O) groups excluding carboxylic acids is 10. The maximum atomic E-state index is 12.9. The minimum Gasteiger partial charge on any atom is -1.00 e. The van der Waals surface area contributed by atoms with Gasteiger partial charge in [0, 0.05) is 325 Å². The van der Waals surface area contributed by atoms with E-state index in [0.29, 0.717) is 66.6 Å². The summed E-state index contributed by atoms with van der Waals surface area (Å²) < 4.78 is 57.5. The number of amides is 4. The number of unbranched alkanes of at least 4 members (excludes halogenated alkanes) is 5. The Hall–Kier alpha value is 1.63. The summed E-state index contributed by atoms with van der Waals surface area (Å²) in [7, 11) is 21.6. The van der Waals surface area contributed by atoms with Gasteiger partial charge in [-0.1, -0.05) is 49.2 Å². The maximum absolute atomic E-state index is 12.9. The molecule has 3 aromatic carbocycles. The number of ketones is 1. The molecular formula is C71H114B2Cl2FIN7O18U8-. The van der Waals surface area contributed by atoms with Gasteiger partial charge in [0.1, 0.15) is 31.0 Å². The average Bonchev–Trinajstić information content (AvgIpc) is 0.863. The monoisotopic (exact) mass is 3500 g/mol. The van der Waals surface area contributed by atoms with Crippen LogP contribution in [-0.4, -0.2) is 230 Å². The van der Waals surface area contributed by atoms with Crippen molar-refractivity contribution in [1.82, 2.24) is 20.9 Å². The van der Waals surface area contributed by atoms with Gasteiger partial charge >= 0.3 is 42.2 Å². The van der Waals surface area contributed by atoms with Crippen molar-refractivity contribution >= 4 is 101 Å². The predicted octanol–water partition coefficient (Wildman–Crippen LogP) is 3.87. The van der Waals surface area contributed by atoms with E-state index in [-0.39, 0.29) is 375 Å². The van der Waals surface area contributed by atoms with Gasteiger partial charge in [-0.3, -0.25) is 38.0 Å². The summed E-state index contributed by atoms with van der Waals surface area (Å²) in [5, 5.41) is 11.3. The Kier molecular flexibility index (Phi) is 107. The van der Waals surface area contributed by atoms with Crippen LogP contribution in [-0.2, 0) is 81.4 Å². The van der Waals surface area contributed by atoms with Crippen molar-refractivity contribution in [3.05, 3.63) is 107 Å². The number of Topliss-reactive ketones (excluding diaryl/α,β-unsaturated/α-hetero) is 1. The first-order valence-corrected chi connectivity index (χ1v) is 34.1. The van der Waals surface area contributed by atoms with E-state index in [4.69, 9.17) is 39.3 Å². The van der Waals surface area contributed by atoms with Crippen molar-refractivity contribution < 1.29 is 374 Å². The molecule has 4 amide bonds. The number of esters is 4. The van der Waals surface area contributed by atoms with Gasteiger partial charge in [-0.15, -0.1) is 0 Å². The van der Waals surface area contributed by atoms with Crippen LogP contribution in [0.3, 0.4) is 0 Å². The van der Waals surface area contributed by atoms with Crippen molar-refractivity contribution in [3.63, 3.8) is 0 Å². The van der Waals surface area contributed by atoms with E-state index < -0.39 is 42.2 Å². The van der Waals surface area contributed by atoms with Gasteiger partial charge < -0.3 is 105 Å². The van der Waals surface area contributed by atoms with E-state index in [1.807, 2.05) is 71.5 Å². The summed E-state index contributed by atoms with van der Waals surface area (Å²) in [5.74, 6) is -2.44. The van der Waals surface area contributed by atoms with Crippen LogP contribution in [0.2, 0.25) is 0 Å². The van der Waals surface area contributed by atoms with Crippen LogP contribution in [0.1, 0.15) is 145 Å². The standard InChI is InChI=1S/C53H73N5O14.C13H26NO4.C3H9N.CH2B.CH3F.BI.2ClH.8U/c1-7-67-51(65)69-32-14-10-12-29-54-50(64)57-45-27-21-42(22-28-45)36-56-48(62)44-25-23-43(24-26-44)47(61)55-35-41-19-17-40(18-20-41)34-46(60)16-11-8-9-13-31-70-52(66)72-38-53(3,37-71-39(2)59)49(63)68-33-15-30-58(4,5)6;1-11(15)18-10-13(2,3)12(16)17-9-7-8-14(4,5)6;1-4(2)3;3*1-2;;;;;;;;;;/h17-28H,7-16,29-38H2,1-6H3,(H3-,54,55,56,57,61,62,64);7-10H2,1-6H3;1-3H3;1H2;1H3;;2*1H;;;;;;;;/q;+1;;-1;;;;;;;;;;;;/p-1/i;;;;1D;;;;;;;;;;;. The molecule has 1 unspecified atom stereocenters. The normalized spacial score (nSPS) is 10.3. The second-order valence-corrected chi connectivity index (χ2v) is 26.0. The molecule has 1 atom stereocenters. The van der Waals surface area contributed by atoms with E-state index >= 15 is 0 Å². The fourth-order valence-corrected chi connectivity index (χ4v) is 7.97. The number of hydrogen-bond donors (Lipinski definition) is 4. The molecule has 25 nitrogen and oxygen atoms in total. The van der Waals surface area contributed by atoms with Crippen molar-refractivity contribution in [3.8, 4) is 0 Å². The number of nitrogens with zero attached hydrogens (tertiary/aromatic N) is 3. The molecule has 0 saturated heterocycles. The smallest absolute Gasteiger partial charge is 0.508 e. The summed E-state index contributed by atoms with van der Waals surface area (Å²) >= 11 is 1.65. The fourth-order valence-electron chi connectivity index (χ4n) is 7.97. The van der Waals surface area contributed by atoms with Gasteiger partial charge in [-0.05, 0) is 134 Å². The Morgan fingerprint density at radius 1 is 0.500 bits per heavy atom. The molecule has 0 bridgehead atoms. The Balaban J connectivity index is -0.000000191. The van der Waals surface area contributed by atoms with Crippen LogP contribution in [0, 0.1) is 267 Å². The van der Waals surface area contributed by atoms with Gasteiger partial charge in [0.15, 0.2) is 5.70 Å². The Bertz CT molecular complexity index is 2890. The minimum absolute atomic E-state index is 0. The number of halogens is 4. The second kappa shape index (κ2) is 85.6. The molecule has 0 saturated carbocycles. The predicted molar refractivity (Wildman–Crippen MR) is 394 cm³/mol. The van der Waals surface area contributed by atoms with Crippen LogP contribution < -0.4 is 46.1 Å². The fraction of sp³-hybridized carbons (Fsp3) is 0.592. The van der Waals surface area contributed by atoms with Crippen molar-refractivity contribution in [2.24, 2.45) is 10.8 Å². The number of urea groups is 1. The van der Waals surface area contributed by atoms with E-state index in [9.17, 15) is 52.3 Å². The Morgan fingerprint density at radius 3 is 1.26 bits per heavy atom.